The Labute approximate surface area is 143 Å². The summed E-state index contributed by atoms with van der Waals surface area (Å²) < 4.78 is 76.7. The average molecular weight is 382 g/mol. The standard InChI is InChI=1S/C16H12F6S2/c1-9-6-7-11(10(2)8-9)12-4-3-5-13(23-15(17,18)19)14(12)24-16(20,21)22/h3-8H,1-2H3. The zero-order valence-corrected chi connectivity index (χ0v) is 14.2. The SMILES string of the molecule is Cc1ccc(-c2cccc(SC(F)(F)F)c2SC(F)(F)F)c(C)c1. The summed E-state index contributed by atoms with van der Waals surface area (Å²) in [4.78, 5) is -0.887. The lowest BCUT2D eigenvalue weighted by Crippen LogP contribution is -2.04. The minimum Gasteiger partial charge on any atom is -0.160 e. The number of aryl methyl sites for hydroxylation is 2. The molecule has 130 valence electrons. The van der Waals surface area contributed by atoms with Crippen molar-refractivity contribution >= 4 is 23.5 Å². The molecule has 0 saturated carbocycles. The van der Waals surface area contributed by atoms with Gasteiger partial charge in [0.25, 0.3) is 0 Å². The third-order valence-corrected chi connectivity index (χ3v) is 4.89. The van der Waals surface area contributed by atoms with Crippen molar-refractivity contribution in [3.63, 3.8) is 0 Å². The van der Waals surface area contributed by atoms with E-state index in [-0.39, 0.29) is 5.56 Å². The number of rotatable bonds is 3. The van der Waals surface area contributed by atoms with Gasteiger partial charge >= 0.3 is 11.0 Å². The summed E-state index contributed by atoms with van der Waals surface area (Å²) in [6.45, 7) is 3.55. The predicted molar refractivity (Wildman–Crippen MR) is 85.2 cm³/mol. The number of hydrogen-bond acceptors (Lipinski definition) is 2. The molecule has 0 aliphatic carbocycles. The highest BCUT2D eigenvalue weighted by molar-refractivity contribution is 8.03. The van der Waals surface area contributed by atoms with Gasteiger partial charge in [0.1, 0.15) is 0 Å². The largest absolute Gasteiger partial charge is 0.446 e. The van der Waals surface area contributed by atoms with Gasteiger partial charge in [-0.2, -0.15) is 26.3 Å². The van der Waals surface area contributed by atoms with Crippen molar-refractivity contribution in [3.8, 4) is 11.1 Å². The van der Waals surface area contributed by atoms with Crippen molar-refractivity contribution in [2.75, 3.05) is 0 Å². The van der Waals surface area contributed by atoms with Crippen LogP contribution in [0.5, 0.6) is 0 Å². The Balaban J connectivity index is 2.64. The lowest BCUT2D eigenvalue weighted by Gasteiger charge is -2.18. The molecule has 8 heteroatoms. The Morgan fingerprint density at radius 3 is 1.92 bits per heavy atom. The van der Waals surface area contributed by atoms with Crippen LogP contribution in [0, 0.1) is 13.8 Å². The van der Waals surface area contributed by atoms with Crippen LogP contribution in [0.25, 0.3) is 11.1 Å². The predicted octanol–water partition coefficient (Wildman–Crippen LogP) is 7.19. The van der Waals surface area contributed by atoms with Crippen LogP contribution in [0.3, 0.4) is 0 Å². The number of alkyl halides is 6. The first-order chi connectivity index (χ1) is 11.0. The highest BCUT2D eigenvalue weighted by Crippen LogP contribution is 2.49. The molecule has 2 rings (SSSR count). The van der Waals surface area contributed by atoms with E-state index in [0.29, 0.717) is 11.1 Å². The van der Waals surface area contributed by atoms with Crippen LogP contribution < -0.4 is 0 Å². The summed E-state index contributed by atoms with van der Waals surface area (Å²) >= 11 is -1.05. The van der Waals surface area contributed by atoms with Gasteiger partial charge in [0.2, 0.25) is 0 Å². The Morgan fingerprint density at radius 2 is 1.38 bits per heavy atom. The highest BCUT2D eigenvalue weighted by Gasteiger charge is 2.36. The van der Waals surface area contributed by atoms with E-state index in [0.717, 1.165) is 11.6 Å². The zero-order chi connectivity index (χ0) is 18.1. The summed E-state index contributed by atoms with van der Waals surface area (Å²) in [5, 5.41) is 0. The van der Waals surface area contributed by atoms with Crippen molar-refractivity contribution in [2.45, 2.75) is 34.7 Å². The molecule has 0 amide bonds. The minimum absolute atomic E-state index is 0.143. The van der Waals surface area contributed by atoms with Crippen molar-refractivity contribution in [2.24, 2.45) is 0 Å². The van der Waals surface area contributed by atoms with Gasteiger partial charge in [-0.1, -0.05) is 35.9 Å². The van der Waals surface area contributed by atoms with Crippen molar-refractivity contribution in [1.82, 2.24) is 0 Å². The van der Waals surface area contributed by atoms with Crippen LogP contribution in [0.4, 0.5) is 26.3 Å². The number of halogens is 6. The van der Waals surface area contributed by atoms with Crippen LogP contribution in [-0.2, 0) is 0 Å². The normalized spacial score (nSPS) is 12.5. The molecule has 2 aromatic carbocycles. The van der Waals surface area contributed by atoms with E-state index in [1.165, 1.54) is 12.1 Å². The van der Waals surface area contributed by atoms with Crippen molar-refractivity contribution < 1.29 is 26.3 Å². The Bertz CT molecular complexity index is 734. The molecule has 24 heavy (non-hydrogen) atoms. The van der Waals surface area contributed by atoms with Crippen LogP contribution >= 0.6 is 23.5 Å². The lowest BCUT2D eigenvalue weighted by molar-refractivity contribution is -0.0346. The highest BCUT2D eigenvalue weighted by atomic mass is 32.2. The average Bonchev–Trinajstić information content (AvgIpc) is 2.38. The van der Waals surface area contributed by atoms with Gasteiger partial charge in [-0.25, -0.2) is 0 Å². The molecule has 2 aromatic rings. The van der Waals surface area contributed by atoms with E-state index < -0.39 is 44.3 Å². The maximum atomic E-state index is 12.9. The molecule has 0 atom stereocenters. The van der Waals surface area contributed by atoms with Crippen LogP contribution in [0.2, 0.25) is 0 Å². The van der Waals surface area contributed by atoms with Gasteiger partial charge in [0.05, 0.1) is 0 Å². The summed E-state index contributed by atoms with van der Waals surface area (Å²) in [5.41, 5.74) is -7.10. The first-order valence-corrected chi connectivity index (χ1v) is 8.32. The monoisotopic (exact) mass is 382 g/mol. The van der Waals surface area contributed by atoms with E-state index in [9.17, 15) is 26.3 Å². The molecule has 0 saturated heterocycles. The molecule has 0 unspecified atom stereocenters. The van der Waals surface area contributed by atoms with E-state index in [1.807, 2.05) is 6.92 Å². The molecular formula is C16H12F6S2. The first kappa shape index (κ1) is 19.1. The van der Waals surface area contributed by atoms with Crippen molar-refractivity contribution in [1.29, 1.82) is 0 Å². The Kier molecular flexibility index (Phi) is 5.49. The molecule has 0 nitrogen and oxygen atoms in total. The zero-order valence-electron chi connectivity index (χ0n) is 12.5. The summed E-state index contributed by atoms with van der Waals surface area (Å²) in [6.07, 6.45) is 0. The Morgan fingerprint density at radius 1 is 0.750 bits per heavy atom. The summed E-state index contributed by atoms with van der Waals surface area (Å²) in [5.74, 6) is 0. The van der Waals surface area contributed by atoms with Crippen molar-refractivity contribution in [3.05, 3.63) is 47.5 Å². The molecular weight excluding hydrogens is 370 g/mol. The second-order valence-corrected chi connectivity index (χ2v) is 7.23. The molecule has 0 fully saturated rings. The van der Waals surface area contributed by atoms with E-state index in [2.05, 4.69) is 0 Å². The summed E-state index contributed by atoms with van der Waals surface area (Å²) in [7, 11) is 0. The second-order valence-electron chi connectivity index (χ2n) is 5.05. The van der Waals surface area contributed by atoms with Gasteiger partial charge in [-0.15, -0.1) is 0 Å². The second kappa shape index (κ2) is 6.92. The smallest absolute Gasteiger partial charge is 0.160 e. The molecule has 0 aliphatic heterocycles. The fourth-order valence-electron chi connectivity index (χ4n) is 2.27. The molecule has 0 N–H and O–H groups in total. The maximum absolute atomic E-state index is 12.9. The van der Waals surface area contributed by atoms with Gasteiger partial charge in [-0.3, -0.25) is 0 Å². The molecule has 0 heterocycles. The van der Waals surface area contributed by atoms with Gasteiger partial charge in [-0.05, 0) is 60.1 Å². The third-order valence-electron chi connectivity index (χ3n) is 3.09. The molecule has 0 bridgehead atoms. The van der Waals surface area contributed by atoms with Gasteiger partial charge < -0.3 is 0 Å². The molecule has 0 spiro atoms. The fourth-order valence-corrected chi connectivity index (χ4v) is 3.81. The summed E-state index contributed by atoms with van der Waals surface area (Å²) in [6, 6.07) is 8.92. The van der Waals surface area contributed by atoms with Crippen LogP contribution in [0.15, 0.2) is 46.2 Å². The third kappa shape index (κ3) is 5.11. The number of thioether (sulfide) groups is 2. The number of benzene rings is 2. The Hall–Kier alpha value is -1.28. The van der Waals surface area contributed by atoms with Gasteiger partial charge in [0, 0.05) is 9.79 Å². The quantitative estimate of drug-likeness (QED) is 0.407. The molecule has 0 aromatic heterocycles. The van der Waals surface area contributed by atoms with E-state index >= 15 is 0 Å². The maximum Gasteiger partial charge on any atom is 0.446 e. The topological polar surface area (TPSA) is 0 Å². The van der Waals surface area contributed by atoms with E-state index in [1.54, 1.807) is 25.1 Å². The van der Waals surface area contributed by atoms with Crippen LogP contribution in [0.1, 0.15) is 11.1 Å². The number of hydrogen-bond donors (Lipinski definition) is 0. The molecule has 0 radical (unpaired) electrons. The fraction of sp³-hybridized carbons (Fsp3) is 0.250. The molecule has 0 aliphatic rings. The van der Waals surface area contributed by atoms with E-state index in [4.69, 9.17) is 0 Å². The van der Waals surface area contributed by atoms with Gasteiger partial charge in [0.15, 0.2) is 0 Å². The first-order valence-electron chi connectivity index (χ1n) is 6.68. The minimum atomic E-state index is -4.68. The lowest BCUT2D eigenvalue weighted by atomic mass is 9.99. The van der Waals surface area contributed by atoms with Crippen LogP contribution in [-0.4, -0.2) is 11.0 Å².